The molecule has 0 unspecified atom stereocenters. The average Bonchev–Trinajstić information content (AvgIpc) is 2.61. The molecule has 0 bridgehead atoms. The summed E-state index contributed by atoms with van der Waals surface area (Å²) in [6, 6.07) is 5.73. The Morgan fingerprint density at radius 3 is 2.18 bits per heavy atom. The average molecular weight is 233 g/mol. The van der Waals surface area contributed by atoms with Crippen molar-refractivity contribution in [3.8, 4) is 0 Å². The fraction of sp³-hybridized carbons (Fsp3) is 0.231. The van der Waals surface area contributed by atoms with Gasteiger partial charge in [0.25, 0.3) is 11.8 Å². The van der Waals surface area contributed by atoms with E-state index in [0.29, 0.717) is 11.1 Å². The molecule has 1 atom stereocenters. The predicted molar refractivity (Wildman–Crippen MR) is 61.5 cm³/mol. The third kappa shape index (κ3) is 1.75. The first-order valence-electron chi connectivity index (χ1n) is 5.36. The van der Waals surface area contributed by atoms with Crippen LogP contribution in [0, 0.1) is 0 Å². The summed E-state index contributed by atoms with van der Waals surface area (Å²) < 4.78 is 12.9. The number of halogens is 1. The maximum absolute atomic E-state index is 12.9. The third-order valence-corrected chi connectivity index (χ3v) is 2.73. The minimum absolute atomic E-state index is 0.348. The van der Waals surface area contributed by atoms with Gasteiger partial charge in [0.05, 0.1) is 17.2 Å². The molecule has 0 saturated heterocycles. The lowest BCUT2D eigenvalue weighted by Crippen LogP contribution is -2.40. The number of carbonyl (C=O) groups excluding carboxylic acids is 2. The van der Waals surface area contributed by atoms with Crippen LogP contribution < -0.4 is 0 Å². The molecule has 1 heterocycles. The second-order valence-corrected chi connectivity index (χ2v) is 3.77. The Kier molecular flexibility index (Phi) is 3.04. The minimum Gasteiger partial charge on any atom is -0.269 e. The summed E-state index contributed by atoms with van der Waals surface area (Å²) in [6.45, 7) is 0.955. The van der Waals surface area contributed by atoms with Gasteiger partial charge in [-0.25, -0.2) is 4.39 Å². The van der Waals surface area contributed by atoms with Gasteiger partial charge in [0.15, 0.2) is 0 Å². The van der Waals surface area contributed by atoms with Gasteiger partial charge in [-0.1, -0.05) is 24.3 Å². The Morgan fingerprint density at radius 1 is 1.24 bits per heavy atom. The van der Waals surface area contributed by atoms with E-state index in [4.69, 9.17) is 0 Å². The van der Waals surface area contributed by atoms with Crippen LogP contribution in [0.5, 0.6) is 0 Å². The van der Waals surface area contributed by atoms with Crippen LogP contribution in [0.15, 0.2) is 36.4 Å². The summed E-state index contributed by atoms with van der Waals surface area (Å²) in [7, 11) is 0. The van der Waals surface area contributed by atoms with Gasteiger partial charge in [-0.05, 0) is 19.1 Å². The van der Waals surface area contributed by atoms with Gasteiger partial charge in [-0.2, -0.15) is 0 Å². The molecule has 1 aliphatic heterocycles. The summed E-state index contributed by atoms with van der Waals surface area (Å²) in [6.07, 6.45) is 3.15. The first-order chi connectivity index (χ1) is 8.20. The highest BCUT2D eigenvalue weighted by atomic mass is 19.1. The normalized spacial score (nSPS) is 16.7. The lowest BCUT2D eigenvalue weighted by molar-refractivity contribution is 0.0596. The summed E-state index contributed by atoms with van der Waals surface area (Å²) in [5, 5.41) is 0. The number of carbonyl (C=O) groups is 2. The van der Waals surface area contributed by atoms with Crippen molar-refractivity contribution in [1.29, 1.82) is 0 Å². The van der Waals surface area contributed by atoms with Crippen molar-refractivity contribution in [1.82, 2.24) is 4.90 Å². The Morgan fingerprint density at radius 2 is 1.76 bits per heavy atom. The number of alkyl halides is 1. The maximum Gasteiger partial charge on any atom is 0.262 e. The van der Waals surface area contributed by atoms with E-state index in [2.05, 4.69) is 0 Å². The third-order valence-electron chi connectivity index (χ3n) is 2.73. The van der Waals surface area contributed by atoms with Crippen LogP contribution >= 0.6 is 0 Å². The maximum atomic E-state index is 12.9. The van der Waals surface area contributed by atoms with Crippen LogP contribution in [-0.2, 0) is 0 Å². The fourth-order valence-corrected chi connectivity index (χ4v) is 1.94. The van der Waals surface area contributed by atoms with Crippen LogP contribution in [-0.4, -0.2) is 29.4 Å². The van der Waals surface area contributed by atoms with E-state index in [1.54, 1.807) is 37.3 Å². The van der Waals surface area contributed by atoms with Gasteiger partial charge in [0.2, 0.25) is 0 Å². The van der Waals surface area contributed by atoms with Gasteiger partial charge in [-0.3, -0.25) is 14.5 Å². The molecule has 2 amide bonds. The molecule has 0 N–H and O–H groups in total. The van der Waals surface area contributed by atoms with Crippen molar-refractivity contribution in [3.05, 3.63) is 47.5 Å². The van der Waals surface area contributed by atoms with Gasteiger partial charge in [-0.15, -0.1) is 0 Å². The zero-order valence-corrected chi connectivity index (χ0v) is 9.39. The zero-order chi connectivity index (χ0) is 12.4. The summed E-state index contributed by atoms with van der Waals surface area (Å²) in [5.41, 5.74) is 0.695. The molecule has 1 aromatic rings. The van der Waals surface area contributed by atoms with Crippen LogP contribution in [0.2, 0.25) is 0 Å². The highest BCUT2D eigenvalue weighted by molar-refractivity contribution is 6.21. The van der Waals surface area contributed by atoms with Crippen molar-refractivity contribution in [2.75, 3.05) is 6.67 Å². The molecule has 4 heteroatoms. The first kappa shape index (κ1) is 11.5. The van der Waals surface area contributed by atoms with Gasteiger partial charge in [0, 0.05) is 0 Å². The Balaban J connectivity index is 2.42. The second kappa shape index (κ2) is 4.49. The number of fused-ring (bicyclic) bond motifs is 1. The monoisotopic (exact) mass is 233 g/mol. The number of allylic oxidation sites excluding steroid dienone is 1. The molecular formula is C13H12FNO2. The van der Waals surface area contributed by atoms with Crippen LogP contribution in [0.3, 0.4) is 0 Å². The number of rotatable bonds is 3. The van der Waals surface area contributed by atoms with Gasteiger partial charge < -0.3 is 0 Å². The van der Waals surface area contributed by atoms with E-state index in [1.165, 1.54) is 6.08 Å². The van der Waals surface area contributed by atoms with Gasteiger partial charge in [0.1, 0.15) is 6.67 Å². The number of nitrogens with zero attached hydrogens (tertiary/aromatic N) is 1. The fourth-order valence-electron chi connectivity index (χ4n) is 1.94. The van der Waals surface area contributed by atoms with Crippen molar-refractivity contribution in [2.45, 2.75) is 13.0 Å². The molecule has 1 aliphatic rings. The predicted octanol–water partition coefficient (Wildman–Crippen LogP) is 2.20. The Hall–Kier alpha value is -1.97. The van der Waals surface area contributed by atoms with E-state index >= 15 is 0 Å². The summed E-state index contributed by atoms with van der Waals surface area (Å²) >= 11 is 0. The lowest BCUT2D eigenvalue weighted by Gasteiger charge is -2.20. The zero-order valence-electron chi connectivity index (χ0n) is 9.39. The first-order valence-corrected chi connectivity index (χ1v) is 5.36. The highest BCUT2D eigenvalue weighted by Crippen LogP contribution is 2.24. The molecule has 0 spiro atoms. The molecule has 0 fully saturated rings. The summed E-state index contributed by atoms with van der Waals surface area (Å²) in [4.78, 5) is 25.0. The standard InChI is InChI=1S/C13H12FNO2/c1-2-5-9(8-14)15-12(16)10-6-3-4-7-11(10)13(15)17/h2-7,9H,8H2,1H3/b5-2-/t9-/m1/s1. The van der Waals surface area contributed by atoms with E-state index in [9.17, 15) is 14.0 Å². The highest BCUT2D eigenvalue weighted by Gasteiger charge is 2.38. The quantitative estimate of drug-likeness (QED) is 0.593. The molecule has 88 valence electrons. The van der Waals surface area contributed by atoms with Crippen molar-refractivity contribution in [3.63, 3.8) is 0 Å². The summed E-state index contributed by atoms with van der Waals surface area (Å²) in [5.74, 6) is -0.849. The molecular weight excluding hydrogens is 221 g/mol. The Bertz CT molecular complexity index is 461. The smallest absolute Gasteiger partial charge is 0.262 e. The molecule has 0 radical (unpaired) electrons. The number of hydrogen-bond donors (Lipinski definition) is 0. The number of hydrogen-bond acceptors (Lipinski definition) is 2. The van der Waals surface area contributed by atoms with E-state index in [1.807, 2.05) is 0 Å². The lowest BCUT2D eigenvalue weighted by atomic mass is 10.1. The number of benzene rings is 1. The molecule has 0 aliphatic carbocycles. The molecule has 1 aromatic carbocycles. The molecule has 0 saturated carbocycles. The molecule has 3 nitrogen and oxygen atoms in total. The van der Waals surface area contributed by atoms with E-state index in [0.717, 1.165) is 4.90 Å². The molecule has 17 heavy (non-hydrogen) atoms. The molecule has 0 aromatic heterocycles. The van der Waals surface area contributed by atoms with Crippen molar-refractivity contribution < 1.29 is 14.0 Å². The van der Waals surface area contributed by atoms with Crippen molar-refractivity contribution in [2.24, 2.45) is 0 Å². The minimum atomic E-state index is -0.813. The second-order valence-electron chi connectivity index (χ2n) is 3.77. The molecule has 2 rings (SSSR count). The Labute approximate surface area is 98.5 Å². The van der Waals surface area contributed by atoms with Crippen LogP contribution in [0.1, 0.15) is 27.6 Å². The van der Waals surface area contributed by atoms with Gasteiger partial charge >= 0.3 is 0 Å². The van der Waals surface area contributed by atoms with Crippen LogP contribution in [0.4, 0.5) is 4.39 Å². The van der Waals surface area contributed by atoms with Crippen LogP contribution in [0.25, 0.3) is 0 Å². The number of amides is 2. The topological polar surface area (TPSA) is 37.4 Å². The van der Waals surface area contributed by atoms with E-state index in [-0.39, 0.29) is 0 Å². The number of imide groups is 1. The van der Waals surface area contributed by atoms with Crippen molar-refractivity contribution >= 4 is 11.8 Å². The largest absolute Gasteiger partial charge is 0.269 e. The SMILES string of the molecule is C/C=C\[C@H](CF)N1C(=O)c2ccccc2C1=O. The van der Waals surface area contributed by atoms with E-state index < -0.39 is 24.5 Å².